The highest BCUT2D eigenvalue weighted by Crippen LogP contribution is 2.31. The molecule has 0 spiro atoms. The van der Waals surface area contributed by atoms with Crippen LogP contribution in [0.1, 0.15) is 28.5 Å². The number of phenols is 1. The number of esters is 1. The highest BCUT2D eigenvalue weighted by Gasteiger charge is 2.20. The average molecular weight is 247 g/mol. The van der Waals surface area contributed by atoms with Crippen LogP contribution in [0.25, 0.3) is 10.9 Å². The first-order valence-corrected chi connectivity index (χ1v) is 5.92. The summed E-state index contributed by atoms with van der Waals surface area (Å²) in [5.41, 5.74) is 3.14. The van der Waals surface area contributed by atoms with Crippen molar-refractivity contribution in [1.29, 1.82) is 0 Å². The maximum Gasteiger partial charge on any atom is 0.340 e. The standard InChI is InChI=1S/C14H17NO3/c1-5-15-9(3)13(14(17)18-4)10-7-12(16)8(2)6-11(10)15/h6-7,16H,5H2,1-4H3. The van der Waals surface area contributed by atoms with Gasteiger partial charge in [-0.25, -0.2) is 4.79 Å². The summed E-state index contributed by atoms with van der Waals surface area (Å²) in [7, 11) is 1.37. The number of aryl methyl sites for hydroxylation is 2. The van der Waals surface area contributed by atoms with Crippen LogP contribution in [0.2, 0.25) is 0 Å². The van der Waals surface area contributed by atoms with E-state index in [0.717, 1.165) is 28.7 Å². The molecule has 1 aromatic carbocycles. The lowest BCUT2D eigenvalue weighted by molar-refractivity contribution is 0.0602. The molecule has 4 nitrogen and oxygen atoms in total. The van der Waals surface area contributed by atoms with E-state index >= 15 is 0 Å². The van der Waals surface area contributed by atoms with Gasteiger partial charge in [-0.2, -0.15) is 0 Å². The van der Waals surface area contributed by atoms with Crippen molar-refractivity contribution in [2.24, 2.45) is 0 Å². The van der Waals surface area contributed by atoms with Gasteiger partial charge in [-0.3, -0.25) is 0 Å². The third kappa shape index (κ3) is 1.65. The number of aromatic hydroxyl groups is 1. The monoisotopic (exact) mass is 247 g/mol. The molecule has 0 radical (unpaired) electrons. The molecule has 1 aromatic heterocycles. The van der Waals surface area contributed by atoms with Gasteiger partial charge in [-0.1, -0.05) is 0 Å². The number of rotatable bonds is 2. The molecule has 4 heteroatoms. The van der Waals surface area contributed by atoms with Crippen LogP contribution in [0.4, 0.5) is 0 Å². The molecule has 0 aliphatic rings. The smallest absolute Gasteiger partial charge is 0.340 e. The van der Waals surface area contributed by atoms with Gasteiger partial charge in [0.1, 0.15) is 5.75 Å². The second-order valence-electron chi connectivity index (χ2n) is 4.35. The Morgan fingerprint density at radius 2 is 2.06 bits per heavy atom. The molecule has 1 heterocycles. The Morgan fingerprint density at radius 3 is 2.61 bits per heavy atom. The molecule has 0 unspecified atom stereocenters. The molecule has 0 fully saturated rings. The van der Waals surface area contributed by atoms with Crippen LogP contribution in [0.15, 0.2) is 12.1 Å². The van der Waals surface area contributed by atoms with Gasteiger partial charge in [-0.05, 0) is 38.5 Å². The Kier molecular flexibility index (Phi) is 3.03. The summed E-state index contributed by atoms with van der Waals surface area (Å²) in [5.74, 6) is -0.172. The molecule has 0 amide bonds. The highest BCUT2D eigenvalue weighted by molar-refractivity contribution is 6.06. The van der Waals surface area contributed by atoms with Gasteiger partial charge >= 0.3 is 5.97 Å². The number of hydrogen-bond acceptors (Lipinski definition) is 3. The summed E-state index contributed by atoms with van der Waals surface area (Å²) in [6.45, 7) is 6.52. The van der Waals surface area contributed by atoms with Gasteiger partial charge < -0.3 is 14.4 Å². The minimum absolute atomic E-state index is 0.195. The van der Waals surface area contributed by atoms with Crippen LogP contribution >= 0.6 is 0 Å². The Bertz CT molecular complexity index is 626. The predicted octanol–water partition coefficient (Wildman–Crippen LogP) is 2.77. The molecule has 0 aliphatic carbocycles. The van der Waals surface area contributed by atoms with E-state index in [0.29, 0.717) is 5.56 Å². The number of carbonyl (C=O) groups excluding carboxylic acids is 1. The normalized spacial score (nSPS) is 10.9. The van der Waals surface area contributed by atoms with Crippen LogP contribution < -0.4 is 0 Å². The van der Waals surface area contributed by atoms with Crippen LogP contribution in [-0.4, -0.2) is 22.8 Å². The number of carbonyl (C=O) groups is 1. The molecule has 0 bridgehead atoms. The van der Waals surface area contributed by atoms with E-state index in [1.807, 2.05) is 31.4 Å². The number of aromatic nitrogens is 1. The topological polar surface area (TPSA) is 51.5 Å². The summed E-state index contributed by atoms with van der Waals surface area (Å²) in [5, 5.41) is 10.5. The summed E-state index contributed by atoms with van der Waals surface area (Å²) in [6.07, 6.45) is 0. The van der Waals surface area contributed by atoms with Crippen molar-refractivity contribution in [3.8, 4) is 5.75 Å². The molecule has 0 aliphatic heterocycles. The Balaban J connectivity index is 2.89. The number of nitrogens with zero attached hydrogens (tertiary/aromatic N) is 1. The van der Waals surface area contributed by atoms with Crippen LogP contribution in [-0.2, 0) is 11.3 Å². The van der Waals surface area contributed by atoms with Gasteiger partial charge in [0.15, 0.2) is 0 Å². The molecule has 96 valence electrons. The van der Waals surface area contributed by atoms with E-state index < -0.39 is 0 Å². The van der Waals surface area contributed by atoms with Gasteiger partial charge in [0.05, 0.1) is 12.7 Å². The first kappa shape index (κ1) is 12.5. The molecule has 2 aromatic rings. The summed E-state index contributed by atoms with van der Waals surface area (Å²) in [6, 6.07) is 3.53. The first-order valence-electron chi connectivity index (χ1n) is 5.92. The first-order chi connectivity index (χ1) is 8.51. The minimum atomic E-state index is -0.368. The van der Waals surface area contributed by atoms with Crippen molar-refractivity contribution >= 4 is 16.9 Å². The van der Waals surface area contributed by atoms with Gasteiger partial charge in [0.25, 0.3) is 0 Å². The lowest BCUT2D eigenvalue weighted by atomic mass is 10.1. The number of phenolic OH excluding ortho intramolecular Hbond substituents is 1. The lowest BCUT2D eigenvalue weighted by Crippen LogP contribution is -2.04. The fourth-order valence-electron chi connectivity index (χ4n) is 2.38. The van der Waals surface area contributed by atoms with Gasteiger partial charge in [0.2, 0.25) is 0 Å². The number of hydrogen-bond donors (Lipinski definition) is 1. The van der Waals surface area contributed by atoms with E-state index in [1.165, 1.54) is 7.11 Å². The number of methoxy groups -OCH3 is 1. The zero-order valence-electron chi connectivity index (χ0n) is 11.1. The SMILES string of the molecule is CCn1c(C)c(C(=O)OC)c2cc(O)c(C)cc21. The van der Waals surface area contributed by atoms with E-state index in [-0.39, 0.29) is 11.7 Å². The quantitative estimate of drug-likeness (QED) is 0.830. The Hall–Kier alpha value is -1.97. The maximum atomic E-state index is 11.9. The predicted molar refractivity (Wildman–Crippen MR) is 70.1 cm³/mol. The van der Waals surface area contributed by atoms with Gasteiger partial charge in [0, 0.05) is 23.1 Å². The molecule has 1 N–H and O–H groups in total. The molecule has 2 rings (SSSR count). The van der Waals surface area contributed by atoms with Crippen molar-refractivity contribution in [1.82, 2.24) is 4.57 Å². The third-order valence-electron chi connectivity index (χ3n) is 3.35. The van der Waals surface area contributed by atoms with Crippen molar-refractivity contribution in [3.05, 3.63) is 29.0 Å². The van der Waals surface area contributed by atoms with Crippen LogP contribution in [0, 0.1) is 13.8 Å². The van der Waals surface area contributed by atoms with Crippen molar-refractivity contribution in [2.75, 3.05) is 7.11 Å². The molecule has 0 saturated heterocycles. The van der Waals surface area contributed by atoms with Crippen molar-refractivity contribution < 1.29 is 14.6 Å². The third-order valence-corrected chi connectivity index (χ3v) is 3.35. The molecule has 18 heavy (non-hydrogen) atoms. The molecule has 0 atom stereocenters. The van der Waals surface area contributed by atoms with Crippen molar-refractivity contribution in [3.63, 3.8) is 0 Å². The molecular weight excluding hydrogens is 230 g/mol. The van der Waals surface area contributed by atoms with Crippen molar-refractivity contribution in [2.45, 2.75) is 27.3 Å². The average Bonchev–Trinajstić information content (AvgIpc) is 2.60. The summed E-state index contributed by atoms with van der Waals surface area (Å²) >= 11 is 0. The lowest BCUT2D eigenvalue weighted by Gasteiger charge is -2.05. The zero-order valence-corrected chi connectivity index (χ0v) is 11.1. The second-order valence-corrected chi connectivity index (χ2v) is 4.35. The van der Waals surface area contributed by atoms with E-state index in [2.05, 4.69) is 0 Å². The van der Waals surface area contributed by atoms with E-state index in [4.69, 9.17) is 4.74 Å². The number of ether oxygens (including phenoxy) is 1. The number of fused-ring (bicyclic) bond motifs is 1. The minimum Gasteiger partial charge on any atom is -0.508 e. The zero-order chi connectivity index (χ0) is 13.4. The fourth-order valence-corrected chi connectivity index (χ4v) is 2.38. The van der Waals surface area contributed by atoms with Gasteiger partial charge in [-0.15, -0.1) is 0 Å². The Morgan fingerprint density at radius 1 is 1.39 bits per heavy atom. The fraction of sp³-hybridized carbons (Fsp3) is 0.357. The highest BCUT2D eigenvalue weighted by atomic mass is 16.5. The largest absolute Gasteiger partial charge is 0.508 e. The molecule has 0 saturated carbocycles. The number of benzene rings is 1. The van der Waals surface area contributed by atoms with E-state index in [1.54, 1.807) is 6.07 Å². The summed E-state index contributed by atoms with van der Waals surface area (Å²) in [4.78, 5) is 11.9. The maximum absolute atomic E-state index is 11.9. The van der Waals surface area contributed by atoms with Crippen LogP contribution in [0.5, 0.6) is 5.75 Å². The summed E-state index contributed by atoms with van der Waals surface area (Å²) < 4.78 is 6.87. The van der Waals surface area contributed by atoms with E-state index in [9.17, 15) is 9.90 Å². The molecular formula is C14H17NO3. The Labute approximate surface area is 106 Å². The van der Waals surface area contributed by atoms with Crippen LogP contribution in [0.3, 0.4) is 0 Å². The second kappa shape index (κ2) is 4.37.